The Morgan fingerprint density at radius 3 is 2.43 bits per heavy atom. The average molecular weight is 230 g/mol. The molecule has 3 heteroatoms. The lowest BCUT2D eigenvalue weighted by Crippen LogP contribution is -2.25. The third kappa shape index (κ3) is 12.1. The van der Waals surface area contributed by atoms with Gasteiger partial charge in [-0.05, 0) is 33.0 Å². The largest absolute Gasteiger partial charge is 0.320 e. The maximum Gasteiger partial charge on any atom is 0.0608 e. The highest BCUT2D eigenvalue weighted by molar-refractivity contribution is 6.76. The summed E-state index contributed by atoms with van der Waals surface area (Å²) < 4.78 is 0. The number of hydrogen-bond acceptors (Lipinski definition) is 1. The van der Waals surface area contributed by atoms with Crippen molar-refractivity contribution in [2.75, 3.05) is 12.7 Å². The summed E-state index contributed by atoms with van der Waals surface area (Å²) in [7, 11) is -0.744. The molecule has 1 N–H and O–H groups in total. The maximum atomic E-state index is 3.55. The standard InChI is InChI=1S/C11H27NSi2/c1-11(2)9-13-10-12-7-6-8-14(3,4)5/h9,12H,6-8,10,13H2,1-5H3. The van der Waals surface area contributed by atoms with Crippen LogP contribution in [0.1, 0.15) is 20.3 Å². The van der Waals surface area contributed by atoms with E-state index in [2.05, 4.69) is 44.5 Å². The molecule has 0 bridgehead atoms. The first-order valence-corrected chi connectivity index (χ1v) is 11.3. The first kappa shape index (κ1) is 14.1. The van der Waals surface area contributed by atoms with E-state index in [4.69, 9.17) is 0 Å². The van der Waals surface area contributed by atoms with Crippen LogP contribution in [0.5, 0.6) is 0 Å². The fourth-order valence-corrected chi connectivity index (χ4v) is 3.74. The molecule has 0 saturated carbocycles. The van der Waals surface area contributed by atoms with Crippen molar-refractivity contribution in [3.63, 3.8) is 0 Å². The van der Waals surface area contributed by atoms with Gasteiger partial charge in [-0.2, -0.15) is 0 Å². The van der Waals surface area contributed by atoms with E-state index in [0.29, 0.717) is 0 Å². The van der Waals surface area contributed by atoms with Crippen LogP contribution < -0.4 is 5.32 Å². The molecule has 0 amide bonds. The molecule has 0 aliphatic carbocycles. The topological polar surface area (TPSA) is 12.0 Å². The van der Waals surface area contributed by atoms with E-state index >= 15 is 0 Å². The van der Waals surface area contributed by atoms with Gasteiger partial charge in [0.2, 0.25) is 0 Å². The second-order valence-electron chi connectivity index (χ2n) is 5.48. The Hall–Kier alpha value is 0.134. The molecule has 0 saturated heterocycles. The van der Waals surface area contributed by atoms with Crippen LogP contribution in [-0.4, -0.2) is 30.3 Å². The smallest absolute Gasteiger partial charge is 0.0608 e. The van der Waals surface area contributed by atoms with Gasteiger partial charge in [-0.25, -0.2) is 0 Å². The zero-order valence-corrected chi connectivity index (χ0v) is 13.0. The Labute approximate surface area is 93.2 Å². The van der Waals surface area contributed by atoms with Crippen LogP contribution in [0.2, 0.25) is 25.7 Å². The van der Waals surface area contributed by atoms with Crippen LogP contribution in [0.3, 0.4) is 0 Å². The van der Waals surface area contributed by atoms with Crippen molar-refractivity contribution in [1.29, 1.82) is 0 Å². The summed E-state index contributed by atoms with van der Waals surface area (Å²) in [4.78, 5) is 0. The van der Waals surface area contributed by atoms with Gasteiger partial charge < -0.3 is 5.32 Å². The molecule has 0 radical (unpaired) electrons. The summed E-state index contributed by atoms with van der Waals surface area (Å²) >= 11 is 0. The Morgan fingerprint density at radius 2 is 1.93 bits per heavy atom. The van der Waals surface area contributed by atoms with Crippen molar-refractivity contribution in [2.45, 2.75) is 46.0 Å². The van der Waals surface area contributed by atoms with Crippen LogP contribution in [-0.2, 0) is 0 Å². The molecule has 0 aliphatic heterocycles. The number of nitrogens with one attached hydrogen (secondary N) is 1. The van der Waals surface area contributed by atoms with E-state index in [1.165, 1.54) is 30.8 Å². The summed E-state index contributed by atoms with van der Waals surface area (Å²) in [6.07, 6.45) is 2.65. The number of hydrogen-bond donors (Lipinski definition) is 1. The Bertz CT molecular complexity index is 167. The highest BCUT2D eigenvalue weighted by Crippen LogP contribution is 2.09. The number of allylic oxidation sites excluding steroid dienone is 1. The molecular weight excluding hydrogens is 202 g/mol. The molecule has 0 rings (SSSR count). The average Bonchev–Trinajstić information content (AvgIpc) is 2.00. The fourth-order valence-electron chi connectivity index (χ4n) is 1.33. The zero-order chi connectivity index (χ0) is 11.0. The van der Waals surface area contributed by atoms with E-state index < -0.39 is 8.07 Å². The lowest BCUT2D eigenvalue weighted by atomic mass is 10.4. The summed E-state index contributed by atoms with van der Waals surface area (Å²) in [6.45, 7) is 13.0. The molecule has 0 fully saturated rings. The summed E-state index contributed by atoms with van der Waals surface area (Å²) in [6, 6.07) is 1.46. The van der Waals surface area contributed by atoms with Gasteiger partial charge >= 0.3 is 0 Å². The summed E-state index contributed by atoms with van der Waals surface area (Å²) in [5, 5.41) is 3.55. The van der Waals surface area contributed by atoms with Gasteiger partial charge in [0.05, 0.1) is 9.52 Å². The minimum Gasteiger partial charge on any atom is -0.320 e. The lowest BCUT2D eigenvalue weighted by molar-refractivity contribution is 0.744. The van der Waals surface area contributed by atoms with E-state index in [0.717, 1.165) is 0 Å². The molecule has 84 valence electrons. The SMILES string of the molecule is CC(C)=C[SiH2]CNCCC[Si](C)(C)C. The van der Waals surface area contributed by atoms with Crippen molar-refractivity contribution >= 4 is 17.6 Å². The van der Waals surface area contributed by atoms with Crippen molar-refractivity contribution < 1.29 is 0 Å². The van der Waals surface area contributed by atoms with E-state index in [9.17, 15) is 0 Å². The lowest BCUT2D eigenvalue weighted by Gasteiger charge is -2.15. The molecule has 0 atom stereocenters. The van der Waals surface area contributed by atoms with E-state index in [1.54, 1.807) is 0 Å². The molecule has 0 unspecified atom stereocenters. The van der Waals surface area contributed by atoms with Crippen molar-refractivity contribution in [3.8, 4) is 0 Å². The van der Waals surface area contributed by atoms with Gasteiger partial charge in [0.25, 0.3) is 0 Å². The second kappa shape index (κ2) is 7.43. The predicted molar refractivity (Wildman–Crippen MR) is 73.6 cm³/mol. The Kier molecular flexibility index (Phi) is 7.50. The third-order valence-electron chi connectivity index (χ3n) is 2.15. The van der Waals surface area contributed by atoms with Crippen molar-refractivity contribution in [2.24, 2.45) is 0 Å². The van der Waals surface area contributed by atoms with Crippen LogP contribution in [0.25, 0.3) is 0 Å². The third-order valence-corrected chi connectivity index (χ3v) is 5.75. The molecule has 0 aromatic heterocycles. The zero-order valence-electron chi connectivity index (χ0n) is 10.6. The van der Waals surface area contributed by atoms with Crippen molar-refractivity contribution in [1.82, 2.24) is 5.32 Å². The molecule has 0 aliphatic rings. The van der Waals surface area contributed by atoms with Gasteiger partial charge in [0.1, 0.15) is 0 Å². The molecular formula is C11H27NSi2. The highest BCUT2D eigenvalue weighted by atomic mass is 28.3. The predicted octanol–water partition coefficient (Wildman–Crippen LogP) is 2.35. The second-order valence-corrected chi connectivity index (χ2v) is 12.6. The molecule has 0 aromatic carbocycles. The van der Waals surface area contributed by atoms with E-state index in [1.807, 2.05) is 0 Å². The van der Waals surface area contributed by atoms with Gasteiger partial charge in [0.15, 0.2) is 0 Å². The molecule has 0 spiro atoms. The monoisotopic (exact) mass is 229 g/mol. The first-order chi connectivity index (χ1) is 6.42. The summed E-state index contributed by atoms with van der Waals surface area (Å²) in [5.74, 6) is 0. The van der Waals surface area contributed by atoms with Crippen LogP contribution >= 0.6 is 0 Å². The van der Waals surface area contributed by atoms with E-state index in [-0.39, 0.29) is 9.52 Å². The molecule has 0 heterocycles. The quantitative estimate of drug-likeness (QED) is 0.522. The van der Waals surface area contributed by atoms with Crippen LogP contribution in [0.4, 0.5) is 0 Å². The maximum absolute atomic E-state index is 3.55. The molecule has 1 nitrogen and oxygen atoms in total. The Balaban J connectivity index is 3.19. The highest BCUT2D eigenvalue weighted by Gasteiger charge is 2.10. The fraction of sp³-hybridized carbons (Fsp3) is 0.818. The first-order valence-electron chi connectivity index (χ1n) is 5.76. The van der Waals surface area contributed by atoms with Crippen LogP contribution in [0.15, 0.2) is 11.3 Å². The minimum atomic E-state index is -0.784. The molecule has 14 heavy (non-hydrogen) atoms. The molecule has 0 aromatic rings. The normalized spacial score (nSPS) is 12.4. The summed E-state index contributed by atoms with van der Waals surface area (Å²) in [5.41, 5.74) is 3.92. The van der Waals surface area contributed by atoms with Gasteiger partial charge in [-0.3, -0.25) is 0 Å². The van der Waals surface area contributed by atoms with Gasteiger partial charge in [0, 0.05) is 8.07 Å². The van der Waals surface area contributed by atoms with Crippen molar-refractivity contribution in [3.05, 3.63) is 11.3 Å². The van der Waals surface area contributed by atoms with Gasteiger partial charge in [-0.15, -0.1) is 5.70 Å². The minimum absolute atomic E-state index is 0.0399. The number of rotatable bonds is 7. The Morgan fingerprint density at radius 1 is 1.29 bits per heavy atom. The van der Waals surface area contributed by atoms with Crippen LogP contribution in [0, 0.1) is 0 Å². The van der Waals surface area contributed by atoms with Gasteiger partial charge in [-0.1, -0.05) is 31.3 Å².